The minimum atomic E-state index is -1.13. The number of amides is 2. The molecular formula is C32H37N5O3. The number of nitrogens with zero attached hydrogens (tertiary/aromatic N) is 3. The maximum Gasteiger partial charge on any atom is 0.321 e. The van der Waals surface area contributed by atoms with Crippen molar-refractivity contribution in [3.8, 4) is 0 Å². The Morgan fingerprint density at radius 3 is 2.00 bits per heavy atom. The summed E-state index contributed by atoms with van der Waals surface area (Å²) < 4.78 is 0. The molecule has 5 N–H and O–H groups in total. The minimum Gasteiger partial charge on any atom is -0.388 e. The molecule has 0 spiro atoms. The van der Waals surface area contributed by atoms with Gasteiger partial charge in [0.2, 0.25) is 0 Å². The largest absolute Gasteiger partial charge is 0.388 e. The Morgan fingerprint density at radius 2 is 1.43 bits per heavy atom. The van der Waals surface area contributed by atoms with Crippen LogP contribution in [-0.2, 0) is 19.4 Å². The fourth-order valence-electron chi connectivity index (χ4n) is 6.17. The normalized spacial score (nSPS) is 23.8. The van der Waals surface area contributed by atoms with Crippen molar-refractivity contribution in [2.24, 2.45) is 5.92 Å². The van der Waals surface area contributed by atoms with E-state index in [9.17, 15) is 15.0 Å². The average molecular weight is 540 g/mol. The molecule has 8 heteroatoms. The molecule has 2 aliphatic rings. The Hall–Kier alpha value is -3.88. The maximum absolute atomic E-state index is 14.6. The number of carbonyl (C=O) groups excluding carboxylic acids is 1. The molecule has 3 aromatic carbocycles. The van der Waals surface area contributed by atoms with Crippen LogP contribution < -0.4 is 5.73 Å². The first kappa shape index (κ1) is 26.3. The third-order valence-corrected chi connectivity index (χ3v) is 8.70. The van der Waals surface area contributed by atoms with Gasteiger partial charge in [0.1, 0.15) is 12.2 Å². The minimum absolute atomic E-state index is 0.148. The number of anilines is 1. The van der Waals surface area contributed by atoms with Crippen LogP contribution in [0.4, 0.5) is 10.6 Å². The lowest BCUT2D eigenvalue weighted by Crippen LogP contribution is -2.53. The fourth-order valence-corrected chi connectivity index (χ4v) is 6.17. The number of hydrogen-bond donors (Lipinski definition) is 4. The van der Waals surface area contributed by atoms with E-state index in [4.69, 9.17) is 5.73 Å². The molecule has 0 radical (unpaired) electrons. The first-order valence-corrected chi connectivity index (χ1v) is 14.2. The van der Waals surface area contributed by atoms with Gasteiger partial charge in [0.15, 0.2) is 5.82 Å². The number of nitrogen functional groups attached to an aromatic ring is 1. The fraction of sp³-hybridized carbons (Fsp3) is 0.375. The summed E-state index contributed by atoms with van der Waals surface area (Å²) in [5, 5.41) is 31.4. The lowest BCUT2D eigenvalue weighted by molar-refractivity contribution is -0.0420. The van der Waals surface area contributed by atoms with E-state index in [2.05, 4.69) is 10.2 Å². The number of aliphatic hydroxyl groups is 2. The van der Waals surface area contributed by atoms with E-state index in [0.717, 1.165) is 46.9 Å². The third-order valence-electron chi connectivity index (χ3n) is 8.70. The number of H-pyrrole nitrogens is 1. The highest BCUT2D eigenvalue weighted by Crippen LogP contribution is 2.33. The molecule has 40 heavy (non-hydrogen) atoms. The SMILES string of the molecule is Nc1n[nH]c2ccc(CN3C(=O)N(CC4CCC4)[C@H](Cc4ccccc4)[C@H](O)[C@@H](O)[C@H]3Cc3ccccc3)cc12. The second-order valence-corrected chi connectivity index (χ2v) is 11.3. The van der Waals surface area contributed by atoms with Crippen molar-refractivity contribution in [3.63, 3.8) is 0 Å². The molecule has 6 rings (SSSR count). The Morgan fingerprint density at radius 1 is 0.825 bits per heavy atom. The van der Waals surface area contributed by atoms with Crippen molar-refractivity contribution in [3.05, 3.63) is 95.6 Å². The van der Waals surface area contributed by atoms with Gasteiger partial charge in [-0.05, 0) is 60.4 Å². The zero-order valence-corrected chi connectivity index (χ0v) is 22.6. The molecule has 208 valence electrons. The van der Waals surface area contributed by atoms with Crippen LogP contribution in [-0.4, -0.2) is 67.1 Å². The van der Waals surface area contributed by atoms with Crippen LogP contribution in [0.5, 0.6) is 0 Å². The highest BCUT2D eigenvalue weighted by Gasteiger charge is 2.47. The van der Waals surface area contributed by atoms with Crippen molar-refractivity contribution in [1.82, 2.24) is 20.0 Å². The Bertz CT molecular complexity index is 1440. The number of aromatic nitrogens is 2. The predicted octanol–water partition coefficient (Wildman–Crippen LogP) is 4.13. The molecule has 0 unspecified atom stereocenters. The van der Waals surface area contributed by atoms with Gasteiger partial charge in [-0.2, -0.15) is 5.10 Å². The third kappa shape index (κ3) is 5.29. The summed E-state index contributed by atoms with van der Waals surface area (Å²) in [4.78, 5) is 18.2. The van der Waals surface area contributed by atoms with E-state index in [1.54, 1.807) is 4.90 Å². The number of fused-ring (bicyclic) bond motifs is 1. The molecule has 1 aromatic heterocycles. The molecule has 2 heterocycles. The highest BCUT2D eigenvalue weighted by atomic mass is 16.3. The first-order valence-electron chi connectivity index (χ1n) is 14.2. The topological polar surface area (TPSA) is 119 Å². The van der Waals surface area contributed by atoms with E-state index < -0.39 is 24.3 Å². The highest BCUT2D eigenvalue weighted by molar-refractivity contribution is 5.89. The van der Waals surface area contributed by atoms with Crippen LogP contribution in [0.25, 0.3) is 10.9 Å². The number of benzene rings is 3. The molecule has 8 nitrogen and oxygen atoms in total. The van der Waals surface area contributed by atoms with Crippen molar-refractivity contribution in [2.45, 2.75) is 62.9 Å². The molecular weight excluding hydrogens is 502 g/mol. The van der Waals surface area contributed by atoms with Gasteiger partial charge in [-0.15, -0.1) is 0 Å². The number of aromatic amines is 1. The summed E-state index contributed by atoms with van der Waals surface area (Å²) in [5.41, 5.74) is 9.83. The molecule has 1 saturated carbocycles. The van der Waals surface area contributed by atoms with Crippen molar-refractivity contribution in [2.75, 3.05) is 12.3 Å². The van der Waals surface area contributed by atoms with E-state index >= 15 is 0 Å². The Kier molecular flexibility index (Phi) is 7.45. The van der Waals surface area contributed by atoms with Crippen molar-refractivity contribution >= 4 is 22.8 Å². The van der Waals surface area contributed by atoms with Gasteiger partial charge in [0.05, 0.1) is 17.6 Å². The number of rotatable bonds is 8. The zero-order chi connectivity index (χ0) is 27.6. The molecule has 1 saturated heterocycles. The maximum atomic E-state index is 14.6. The molecule has 2 amide bonds. The van der Waals surface area contributed by atoms with Gasteiger partial charge in [-0.1, -0.05) is 73.2 Å². The quantitative estimate of drug-likeness (QED) is 0.269. The second-order valence-electron chi connectivity index (χ2n) is 11.3. The van der Waals surface area contributed by atoms with E-state index in [1.165, 1.54) is 0 Å². The molecule has 1 aliphatic carbocycles. The summed E-state index contributed by atoms with van der Waals surface area (Å²) in [6.07, 6.45) is 1.97. The van der Waals surface area contributed by atoms with Crippen molar-refractivity contribution < 1.29 is 15.0 Å². The number of carbonyl (C=O) groups is 1. The van der Waals surface area contributed by atoms with Gasteiger partial charge in [-0.25, -0.2) is 4.79 Å². The number of hydrogen-bond acceptors (Lipinski definition) is 5. The average Bonchev–Trinajstić information content (AvgIpc) is 3.31. The Balaban J connectivity index is 1.40. The van der Waals surface area contributed by atoms with Gasteiger partial charge >= 0.3 is 6.03 Å². The molecule has 4 atom stereocenters. The molecule has 0 bridgehead atoms. The first-order chi connectivity index (χ1) is 19.5. The summed E-state index contributed by atoms with van der Waals surface area (Å²) in [6.45, 7) is 0.849. The van der Waals surface area contributed by atoms with Crippen molar-refractivity contribution in [1.29, 1.82) is 0 Å². The van der Waals surface area contributed by atoms with Gasteiger partial charge in [-0.3, -0.25) is 5.10 Å². The van der Waals surface area contributed by atoms with E-state index in [0.29, 0.717) is 31.1 Å². The molecule has 1 aliphatic heterocycles. The van der Waals surface area contributed by atoms with Crippen LogP contribution in [0.15, 0.2) is 78.9 Å². The van der Waals surface area contributed by atoms with Crippen LogP contribution in [0.1, 0.15) is 36.0 Å². The standard InChI is InChI=1S/C32H37N5O3/c33-31-25-16-24(14-15-26(25)34-35-31)20-37-28(18-22-10-5-2-6-11-22)30(39)29(38)27(17-21-8-3-1-4-9-21)36(32(37)40)19-23-12-7-13-23/h1-6,8-11,14-16,23,27-30,38-39H,7,12-13,17-20H2,(H3,33,34,35)/t27-,28-,29+,30+/m1/s1. The number of nitrogens with one attached hydrogen (secondary N) is 1. The predicted molar refractivity (Wildman–Crippen MR) is 155 cm³/mol. The summed E-state index contributed by atoms with van der Waals surface area (Å²) in [7, 11) is 0. The number of nitrogens with two attached hydrogens (primary N) is 1. The van der Waals surface area contributed by atoms with E-state index in [-0.39, 0.29) is 12.6 Å². The van der Waals surface area contributed by atoms with Gasteiger partial charge < -0.3 is 25.7 Å². The van der Waals surface area contributed by atoms with Crippen LogP contribution >= 0.6 is 0 Å². The zero-order valence-electron chi connectivity index (χ0n) is 22.6. The lowest BCUT2D eigenvalue weighted by Gasteiger charge is -2.39. The van der Waals surface area contributed by atoms with Gasteiger partial charge in [0, 0.05) is 18.5 Å². The lowest BCUT2D eigenvalue weighted by atomic mass is 9.84. The van der Waals surface area contributed by atoms with Crippen LogP contribution in [0.2, 0.25) is 0 Å². The second kappa shape index (κ2) is 11.3. The number of urea groups is 1. The number of aliphatic hydroxyl groups excluding tert-OH is 2. The summed E-state index contributed by atoms with van der Waals surface area (Å²) >= 11 is 0. The smallest absolute Gasteiger partial charge is 0.321 e. The van der Waals surface area contributed by atoms with Crippen LogP contribution in [0.3, 0.4) is 0 Å². The molecule has 2 fully saturated rings. The van der Waals surface area contributed by atoms with Gasteiger partial charge in [0.25, 0.3) is 0 Å². The molecule has 4 aromatic rings. The monoisotopic (exact) mass is 539 g/mol. The summed E-state index contributed by atoms with van der Waals surface area (Å²) in [5.74, 6) is 0.811. The van der Waals surface area contributed by atoms with E-state index in [1.807, 2.05) is 83.8 Å². The summed E-state index contributed by atoms with van der Waals surface area (Å²) in [6, 6.07) is 24.3. The van der Waals surface area contributed by atoms with Crippen LogP contribution in [0, 0.1) is 5.92 Å². The Labute approximate surface area is 234 Å².